The van der Waals surface area contributed by atoms with Gasteiger partial charge in [-0.2, -0.15) is 0 Å². The van der Waals surface area contributed by atoms with Gasteiger partial charge in [-0.05, 0) is 38.6 Å². The van der Waals surface area contributed by atoms with Gasteiger partial charge in [-0.1, -0.05) is 13.8 Å². The summed E-state index contributed by atoms with van der Waals surface area (Å²) in [6.07, 6.45) is 1.05. The summed E-state index contributed by atoms with van der Waals surface area (Å²) in [5.41, 5.74) is 0. The van der Waals surface area contributed by atoms with Crippen LogP contribution in [-0.4, -0.2) is 53.7 Å². The lowest BCUT2D eigenvalue weighted by molar-refractivity contribution is -0.137. The first kappa shape index (κ1) is 17.8. The molecule has 0 saturated carbocycles. The van der Waals surface area contributed by atoms with Crippen LogP contribution in [0.25, 0.3) is 0 Å². The molecule has 2 amide bonds. The molecule has 1 rings (SSSR count). The molecule has 0 aliphatic carbocycles. The predicted octanol–water partition coefficient (Wildman–Crippen LogP) is 1.52. The van der Waals surface area contributed by atoms with Crippen LogP contribution in [0.4, 0.5) is 4.79 Å². The second-order valence-electron chi connectivity index (χ2n) is 6.55. The summed E-state index contributed by atoms with van der Waals surface area (Å²) in [6.45, 7) is 10.9. The Balaban J connectivity index is 2.31. The lowest BCUT2D eigenvalue weighted by Gasteiger charge is -2.22. The minimum atomic E-state index is -0.891. The van der Waals surface area contributed by atoms with Crippen molar-refractivity contribution in [1.82, 2.24) is 15.5 Å². The molecular weight excluding hydrogens is 270 g/mol. The first-order chi connectivity index (χ1) is 9.79. The Labute approximate surface area is 127 Å². The van der Waals surface area contributed by atoms with Crippen LogP contribution < -0.4 is 10.6 Å². The fraction of sp³-hybridized carbons (Fsp3) is 0.867. The number of aliphatic carboxylic acids is 1. The summed E-state index contributed by atoms with van der Waals surface area (Å²) >= 11 is 0. The van der Waals surface area contributed by atoms with Gasteiger partial charge in [0.05, 0.1) is 6.42 Å². The Bertz CT molecular complexity index is 358. The third kappa shape index (κ3) is 6.33. The molecule has 21 heavy (non-hydrogen) atoms. The summed E-state index contributed by atoms with van der Waals surface area (Å²) < 4.78 is 0. The van der Waals surface area contributed by atoms with E-state index in [0.717, 1.165) is 19.5 Å². The van der Waals surface area contributed by atoms with Gasteiger partial charge >= 0.3 is 12.0 Å². The van der Waals surface area contributed by atoms with Crippen LogP contribution in [0.5, 0.6) is 0 Å². The lowest BCUT2D eigenvalue weighted by Crippen LogP contribution is -2.46. The molecule has 6 heteroatoms. The number of nitrogens with zero attached hydrogens (tertiary/aromatic N) is 1. The first-order valence-electron chi connectivity index (χ1n) is 7.79. The summed E-state index contributed by atoms with van der Waals surface area (Å²) in [4.78, 5) is 25.1. The number of carboxylic acid groups (broad SMARTS) is 1. The van der Waals surface area contributed by atoms with Crippen molar-refractivity contribution in [3.63, 3.8) is 0 Å². The highest BCUT2D eigenvalue weighted by molar-refractivity contribution is 5.75. The van der Waals surface area contributed by atoms with E-state index >= 15 is 0 Å². The van der Waals surface area contributed by atoms with E-state index < -0.39 is 5.97 Å². The topological polar surface area (TPSA) is 81.7 Å². The number of carbonyl (C=O) groups is 2. The van der Waals surface area contributed by atoms with E-state index in [1.807, 2.05) is 13.8 Å². The Morgan fingerprint density at radius 2 is 1.95 bits per heavy atom. The van der Waals surface area contributed by atoms with Gasteiger partial charge in [0, 0.05) is 25.2 Å². The second kappa shape index (κ2) is 8.22. The van der Waals surface area contributed by atoms with Crippen LogP contribution in [0.3, 0.4) is 0 Å². The third-order valence-electron chi connectivity index (χ3n) is 4.11. The van der Waals surface area contributed by atoms with E-state index in [0.29, 0.717) is 18.5 Å². The first-order valence-corrected chi connectivity index (χ1v) is 7.79. The maximum Gasteiger partial charge on any atom is 0.315 e. The highest BCUT2D eigenvalue weighted by atomic mass is 16.4. The van der Waals surface area contributed by atoms with E-state index in [1.165, 1.54) is 0 Å². The van der Waals surface area contributed by atoms with E-state index in [4.69, 9.17) is 5.11 Å². The smallest absolute Gasteiger partial charge is 0.315 e. The molecule has 0 aromatic carbocycles. The summed E-state index contributed by atoms with van der Waals surface area (Å²) in [6, 6.07) is -0.0547. The molecule has 1 saturated heterocycles. The van der Waals surface area contributed by atoms with Crippen molar-refractivity contribution in [3.05, 3.63) is 0 Å². The molecule has 2 unspecified atom stereocenters. The van der Waals surface area contributed by atoms with Crippen molar-refractivity contribution >= 4 is 12.0 Å². The SMILES string of the molecule is CC(C)C(CC(=O)O)NC(=O)NCC1CCN(C(C)C)C1. The molecule has 0 aromatic rings. The molecule has 1 aliphatic rings. The largest absolute Gasteiger partial charge is 0.481 e. The van der Waals surface area contributed by atoms with Gasteiger partial charge in [0.25, 0.3) is 0 Å². The molecule has 0 bridgehead atoms. The molecule has 122 valence electrons. The molecular formula is C15H29N3O3. The van der Waals surface area contributed by atoms with Crippen LogP contribution in [0, 0.1) is 11.8 Å². The van der Waals surface area contributed by atoms with Gasteiger partial charge in [-0.15, -0.1) is 0 Å². The number of rotatable bonds is 7. The zero-order chi connectivity index (χ0) is 16.0. The zero-order valence-electron chi connectivity index (χ0n) is 13.6. The lowest BCUT2D eigenvalue weighted by atomic mass is 10.0. The van der Waals surface area contributed by atoms with Gasteiger partial charge in [-0.25, -0.2) is 4.79 Å². The molecule has 1 fully saturated rings. The predicted molar refractivity (Wildman–Crippen MR) is 82.2 cm³/mol. The van der Waals surface area contributed by atoms with Gasteiger partial charge in [0.15, 0.2) is 0 Å². The monoisotopic (exact) mass is 299 g/mol. The van der Waals surface area contributed by atoms with Gasteiger partial charge in [0.1, 0.15) is 0 Å². The average molecular weight is 299 g/mol. The molecule has 0 aromatic heterocycles. The summed E-state index contributed by atoms with van der Waals surface area (Å²) in [7, 11) is 0. The summed E-state index contributed by atoms with van der Waals surface area (Å²) in [5.74, 6) is -0.317. The molecule has 3 N–H and O–H groups in total. The maximum atomic E-state index is 11.9. The van der Waals surface area contributed by atoms with E-state index in [9.17, 15) is 9.59 Å². The van der Waals surface area contributed by atoms with Crippen LogP contribution in [0.1, 0.15) is 40.5 Å². The highest BCUT2D eigenvalue weighted by Gasteiger charge is 2.25. The highest BCUT2D eigenvalue weighted by Crippen LogP contribution is 2.17. The Hall–Kier alpha value is -1.30. The minimum absolute atomic E-state index is 0.0460. The van der Waals surface area contributed by atoms with Crippen molar-refractivity contribution in [3.8, 4) is 0 Å². The Morgan fingerprint density at radius 1 is 1.29 bits per heavy atom. The normalized spacial score (nSPS) is 20.8. The Morgan fingerprint density at radius 3 is 2.43 bits per heavy atom. The molecule has 2 atom stereocenters. The van der Waals surface area contributed by atoms with Gasteiger partial charge in [0.2, 0.25) is 0 Å². The standard InChI is InChI=1S/C15H29N3O3/c1-10(2)13(7-14(19)20)17-15(21)16-8-12-5-6-18(9-12)11(3)4/h10-13H,5-9H2,1-4H3,(H,19,20)(H2,16,17,21). The number of hydrogen-bond donors (Lipinski definition) is 3. The van der Waals surface area contributed by atoms with Crippen molar-refractivity contribution in [2.45, 2.75) is 52.6 Å². The average Bonchev–Trinajstić information content (AvgIpc) is 2.83. The molecule has 0 radical (unpaired) electrons. The van der Waals surface area contributed by atoms with Crippen molar-refractivity contribution < 1.29 is 14.7 Å². The Kier molecular flexibility index (Phi) is 6.95. The van der Waals surface area contributed by atoms with Crippen LogP contribution >= 0.6 is 0 Å². The number of carboxylic acids is 1. The fourth-order valence-corrected chi connectivity index (χ4v) is 2.60. The number of amides is 2. The molecule has 0 spiro atoms. The number of nitrogens with one attached hydrogen (secondary N) is 2. The molecule has 1 heterocycles. The molecule has 6 nitrogen and oxygen atoms in total. The minimum Gasteiger partial charge on any atom is -0.481 e. The summed E-state index contributed by atoms with van der Waals surface area (Å²) in [5, 5.41) is 14.5. The zero-order valence-corrected chi connectivity index (χ0v) is 13.6. The van der Waals surface area contributed by atoms with Crippen LogP contribution in [0.2, 0.25) is 0 Å². The van der Waals surface area contributed by atoms with Crippen molar-refractivity contribution in [2.24, 2.45) is 11.8 Å². The van der Waals surface area contributed by atoms with E-state index in [-0.39, 0.29) is 24.4 Å². The van der Waals surface area contributed by atoms with Gasteiger partial charge in [-0.3, -0.25) is 4.79 Å². The van der Waals surface area contributed by atoms with Crippen LogP contribution in [-0.2, 0) is 4.79 Å². The number of likely N-dealkylation sites (tertiary alicyclic amines) is 1. The maximum absolute atomic E-state index is 11.9. The van der Waals surface area contributed by atoms with Crippen molar-refractivity contribution in [1.29, 1.82) is 0 Å². The van der Waals surface area contributed by atoms with Crippen LogP contribution in [0.15, 0.2) is 0 Å². The van der Waals surface area contributed by atoms with E-state index in [1.54, 1.807) is 0 Å². The number of hydrogen-bond acceptors (Lipinski definition) is 3. The molecule has 1 aliphatic heterocycles. The second-order valence-corrected chi connectivity index (χ2v) is 6.55. The van der Waals surface area contributed by atoms with Gasteiger partial charge < -0.3 is 20.6 Å². The number of urea groups is 1. The number of carbonyl (C=O) groups excluding carboxylic acids is 1. The quantitative estimate of drug-likeness (QED) is 0.665. The third-order valence-corrected chi connectivity index (χ3v) is 4.11. The van der Waals surface area contributed by atoms with E-state index in [2.05, 4.69) is 29.4 Å². The fourth-order valence-electron chi connectivity index (χ4n) is 2.60. The van der Waals surface area contributed by atoms with Crippen molar-refractivity contribution in [2.75, 3.05) is 19.6 Å².